The predicted octanol–water partition coefficient (Wildman–Crippen LogP) is 10.9. The van der Waals surface area contributed by atoms with Crippen LogP contribution in [0.3, 0.4) is 0 Å². The van der Waals surface area contributed by atoms with E-state index in [1.807, 2.05) is 6.92 Å². The molecule has 0 fully saturated rings. The molecule has 15 heteroatoms. The lowest BCUT2D eigenvalue weighted by Gasteiger charge is -2.36. The van der Waals surface area contributed by atoms with E-state index in [0.29, 0.717) is 22.9 Å². The second-order valence-corrected chi connectivity index (χ2v) is 11.7. The van der Waals surface area contributed by atoms with Crippen LogP contribution < -0.4 is 4.74 Å². The highest BCUT2D eigenvalue weighted by atomic mass is 19.4. The summed E-state index contributed by atoms with van der Waals surface area (Å²) in [6.45, 7) is 5.21. The van der Waals surface area contributed by atoms with Crippen molar-refractivity contribution in [3.8, 4) is 17.0 Å². The molecule has 3 rings (SSSR count). The number of rotatable bonds is 17. The zero-order valence-electron chi connectivity index (χ0n) is 26.9. The van der Waals surface area contributed by atoms with E-state index in [9.17, 15) is 53.1 Å². The molecule has 4 nitrogen and oxygen atoms in total. The van der Waals surface area contributed by atoms with Crippen LogP contribution >= 0.6 is 0 Å². The van der Waals surface area contributed by atoms with Crippen molar-refractivity contribution in [2.24, 2.45) is 0 Å². The quantitative estimate of drug-likeness (QED) is 0.0605. The van der Waals surface area contributed by atoms with Crippen LogP contribution in [-0.2, 0) is 28.7 Å². The third-order valence-corrected chi connectivity index (χ3v) is 7.92. The van der Waals surface area contributed by atoms with Crippen LogP contribution in [-0.4, -0.2) is 47.4 Å². The van der Waals surface area contributed by atoms with Gasteiger partial charge in [0.2, 0.25) is 0 Å². The number of benzene rings is 2. The molecular weight excluding hydrogens is 679 g/mol. The molecule has 272 valence electrons. The first kappa shape index (κ1) is 39.7. The highest BCUT2D eigenvalue weighted by molar-refractivity contribution is 5.89. The first-order valence-corrected chi connectivity index (χ1v) is 15.4. The van der Waals surface area contributed by atoms with Crippen LogP contribution in [0.5, 0.6) is 5.75 Å². The van der Waals surface area contributed by atoms with Gasteiger partial charge in [0.25, 0.3) is 0 Å². The largest absolute Gasteiger partial charge is 0.493 e. The third-order valence-electron chi connectivity index (χ3n) is 7.92. The average Bonchev–Trinajstić information content (AvgIpc) is 3.37. The van der Waals surface area contributed by atoms with Crippen molar-refractivity contribution >= 4 is 16.9 Å². The number of ether oxygens (including phenoxy) is 2. The van der Waals surface area contributed by atoms with Gasteiger partial charge in [0.15, 0.2) is 0 Å². The number of halogens is 11. The average molecular weight is 716 g/mol. The molecule has 0 aliphatic heterocycles. The molecule has 1 heterocycles. The predicted molar refractivity (Wildman–Crippen MR) is 162 cm³/mol. The van der Waals surface area contributed by atoms with E-state index >= 15 is 0 Å². The molecule has 0 atom stereocenters. The van der Waals surface area contributed by atoms with Gasteiger partial charge in [-0.25, -0.2) is 4.79 Å². The maximum atomic E-state index is 14.5. The number of carbonyl (C=O) groups excluding carboxylic acids is 1. The number of aryl methyl sites for hydroxylation is 2. The van der Waals surface area contributed by atoms with Gasteiger partial charge in [0, 0.05) is 34.8 Å². The monoisotopic (exact) mass is 715 g/mol. The normalized spacial score (nSPS) is 13.2. The van der Waals surface area contributed by atoms with Crippen molar-refractivity contribution in [2.45, 2.75) is 95.7 Å². The summed E-state index contributed by atoms with van der Waals surface area (Å²) in [5.74, 6) is -26.0. The van der Waals surface area contributed by atoms with Gasteiger partial charge in [-0.1, -0.05) is 38.5 Å². The van der Waals surface area contributed by atoms with Gasteiger partial charge in [-0.3, -0.25) is 0 Å². The first-order chi connectivity index (χ1) is 22.6. The SMILES string of the molecule is C=C(C)C(=O)OCCC(F)(F)C(F)(F)C(F)(F)C(F)(F)CCOc1ccc2cc(-c3ccc(CCCCC)cc3C(F)(F)F)n(CC)c2c1. The van der Waals surface area contributed by atoms with E-state index in [4.69, 9.17) is 4.74 Å². The Labute approximate surface area is 275 Å². The van der Waals surface area contributed by atoms with E-state index < -0.39 is 67.5 Å². The van der Waals surface area contributed by atoms with Crippen molar-refractivity contribution in [1.29, 1.82) is 0 Å². The van der Waals surface area contributed by atoms with E-state index in [2.05, 4.69) is 11.3 Å². The summed E-state index contributed by atoms with van der Waals surface area (Å²) < 4.78 is 168. The highest BCUT2D eigenvalue weighted by Gasteiger charge is 2.79. The number of esters is 1. The third kappa shape index (κ3) is 8.51. The van der Waals surface area contributed by atoms with Gasteiger partial charge in [-0.05, 0) is 56.5 Å². The molecule has 0 saturated heterocycles. The molecule has 2 aromatic carbocycles. The Balaban J connectivity index is 1.82. The number of hydrogen-bond acceptors (Lipinski definition) is 3. The van der Waals surface area contributed by atoms with E-state index in [1.165, 1.54) is 34.9 Å². The number of unbranched alkanes of at least 4 members (excludes halogenated alkanes) is 2. The minimum Gasteiger partial charge on any atom is -0.493 e. The van der Waals surface area contributed by atoms with Gasteiger partial charge in [0.1, 0.15) is 5.75 Å². The number of carbonyl (C=O) groups is 1. The fraction of sp³-hybridized carbons (Fsp3) is 0.500. The topological polar surface area (TPSA) is 40.5 Å². The van der Waals surface area contributed by atoms with Crippen molar-refractivity contribution in [3.63, 3.8) is 0 Å². The standard InChI is InChI=1S/C34H36F11NO3/c1-5-7-8-9-22-10-13-25(26(18-22)32(39,40)41)28-19-23-11-12-24(20-27(23)46(28)6-2)48-16-14-30(35,36)33(42,43)34(44,45)31(37,38)15-17-49-29(47)21(3)4/h10-13,18-20H,3,5-9,14-17H2,1-2,4H3. The molecule has 3 aromatic rings. The zero-order valence-corrected chi connectivity index (χ0v) is 26.9. The lowest BCUT2D eigenvalue weighted by atomic mass is 9.95. The van der Waals surface area contributed by atoms with Crippen molar-refractivity contribution in [1.82, 2.24) is 4.57 Å². The van der Waals surface area contributed by atoms with Gasteiger partial charge < -0.3 is 14.0 Å². The number of hydrogen-bond donors (Lipinski definition) is 0. The molecule has 49 heavy (non-hydrogen) atoms. The number of fused-ring (bicyclic) bond motifs is 1. The Bertz CT molecular complexity index is 1630. The molecule has 0 amide bonds. The first-order valence-electron chi connectivity index (χ1n) is 15.4. The smallest absolute Gasteiger partial charge is 0.417 e. The van der Waals surface area contributed by atoms with Gasteiger partial charge >= 0.3 is 35.8 Å². The summed E-state index contributed by atoms with van der Waals surface area (Å²) in [6.07, 6.45) is -6.03. The fourth-order valence-electron chi connectivity index (χ4n) is 5.14. The summed E-state index contributed by atoms with van der Waals surface area (Å²) in [7, 11) is 0. The van der Waals surface area contributed by atoms with Crippen molar-refractivity contribution in [2.75, 3.05) is 13.2 Å². The number of nitrogens with zero attached hydrogens (tertiary/aromatic N) is 1. The Morgan fingerprint density at radius 2 is 1.41 bits per heavy atom. The van der Waals surface area contributed by atoms with Crippen LogP contribution in [0.25, 0.3) is 22.2 Å². The van der Waals surface area contributed by atoms with Crippen molar-refractivity contribution < 1.29 is 62.6 Å². The molecule has 0 aliphatic rings. The molecule has 0 radical (unpaired) electrons. The van der Waals surface area contributed by atoms with Gasteiger partial charge in [-0.2, -0.15) is 48.3 Å². The Hall–Kier alpha value is -3.78. The lowest BCUT2D eigenvalue weighted by molar-refractivity contribution is -0.368. The molecule has 0 N–H and O–H groups in total. The van der Waals surface area contributed by atoms with Crippen LogP contribution in [0.2, 0.25) is 0 Å². The molecule has 0 aliphatic carbocycles. The van der Waals surface area contributed by atoms with Crippen LogP contribution in [0.1, 0.15) is 64.0 Å². The Morgan fingerprint density at radius 3 is 1.96 bits per heavy atom. The molecule has 1 aromatic heterocycles. The van der Waals surface area contributed by atoms with Crippen LogP contribution in [0.15, 0.2) is 54.6 Å². The Morgan fingerprint density at radius 1 is 0.796 bits per heavy atom. The second kappa shape index (κ2) is 15.0. The van der Waals surface area contributed by atoms with Crippen LogP contribution in [0.4, 0.5) is 48.3 Å². The summed E-state index contributed by atoms with van der Waals surface area (Å²) in [5.41, 5.74) is -0.258. The van der Waals surface area contributed by atoms with Crippen LogP contribution in [0, 0.1) is 0 Å². The lowest BCUT2D eigenvalue weighted by Crippen LogP contribution is -2.62. The minimum absolute atomic E-state index is 0.110. The molecule has 0 bridgehead atoms. The Kier molecular flexibility index (Phi) is 12.1. The molecular formula is C34H36F11NO3. The highest BCUT2D eigenvalue weighted by Crippen LogP contribution is 2.54. The van der Waals surface area contributed by atoms with Gasteiger partial charge in [0.05, 0.1) is 37.1 Å². The summed E-state index contributed by atoms with van der Waals surface area (Å²) in [5, 5.41) is 0.428. The maximum absolute atomic E-state index is 14.5. The minimum atomic E-state index is -6.56. The molecule has 0 saturated carbocycles. The van der Waals surface area contributed by atoms with E-state index in [-0.39, 0.29) is 29.1 Å². The van der Waals surface area contributed by atoms with Gasteiger partial charge in [-0.15, -0.1) is 0 Å². The molecule has 0 spiro atoms. The maximum Gasteiger partial charge on any atom is 0.417 e. The second-order valence-electron chi connectivity index (χ2n) is 11.7. The zero-order chi connectivity index (χ0) is 37.0. The van der Waals surface area contributed by atoms with E-state index in [0.717, 1.165) is 32.3 Å². The molecule has 0 unspecified atom stereocenters. The summed E-state index contributed by atoms with van der Waals surface area (Å²) >= 11 is 0. The fourth-order valence-corrected chi connectivity index (χ4v) is 5.14. The summed E-state index contributed by atoms with van der Waals surface area (Å²) in [6, 6.07) is 9.41. The number of alkyl halides is 11. The summed E-state index contributed by atoms with van der Waals surface area (Å²) in [4.78, 5) is 11.3. The van der Waals surface area contributed by atoms with E-state index in [1.54, 1.807) is 13.0 Å². The number of aromatic nitrogens is 1. The van der Waals surface area contributed by atoms with Crippen molar-refractivity contribution in [3.05, 3.63) is 65.7 Å².